The van der Waals surface area contributed by atoms with Crippen LogP contribution in [-0.2, 0) is 5.41 Å². The molecule has 0 spiro atoms. The third-order valence-electron chi connectivity index (χ3n) is 2.48. The van der Waals surface area contributed by atoms with Gasteiger partial charge >= 0.3 is 0 Å². The van der Waals surface area contributed by atoms with Crippen LogP contribution in [0, 0.1) is 0 Å². The van der Waals surface area contributed by atoms with Gasteiger partial charge in [0.1, 0.15) is 5.01 Å². The number of aromatic nitrogens is 4. The van der Waals surface area contributed by atoms with Gasteiger partial charge in [0.05, 0.1) is 12.1 Å². The van der Waals surface area contributed by atoms with Gasteiger partial charge in [0.25, 0.3) is 0 Å². The largest absolute Gasteiger partial charge is 0.391 e. The minimum atomic E-state index is -0.628. The zero-order valence-electron chi connectivity index (χ0n) is 10.4. The summed E-state index contributed by atoms with van der Waals surface area (Å²) in [5.74, 6) is 0.799. The topological polar surface area (TPSA) is 89.3 Å². The molecule has 2 heterocycles. The molecule has 3 N–H and O–H groups in total. The second-order valence-corrected chi connectivity index (χ2v) is 6.16. The summed E-state index contributed by atoms with van der Waals surface area (Å²) in [6, 6.07) is -0.477. The van der Waals surface area contributed by atoms with Crippen molar-refractivity contribution in [2.45, 2.75) is 45.3 Å². The lowest BCUT2D eigenvalue weighted by Gasteiger charge is -2.14. The molecule has 0 aliphatic heterocycles. The van der Waals surface area contributed by atoms with E-state index in [9.17, 15) is 5.11 Å². The number of aliphatic hydroxyl groups excluding tert-OH is 1. The number of aliphatic hydroxyl groups is 1. The van der Waals surface area contributed by atoms with Crippen LogP contribution in [-0.4, -0.2) is 31.0 Å². The van der Waals surface area contributed by atoms with Gasteiger partial charge in [-0.15, -0.1) is 10.2 Å². The zero-order valence-corrected chi connectivity index (χ0v) is 11.2. The molecule has 0 aromatic carbocycles. The standard InChI is InChI=1S/C10H17N5OS/c1-5(16)6(11)7-14-15-8(10(2,3)4)12-13-9(15)17-7/h5-6,16H,11H2,1-4H3. The van der Waals surface area contributed by atoms with Crippen LogP contribution in [0.2, 0.25) is 0 Å². The van der Waals surface area contributed by atoms with Crippen LogP contribution in [0.4, 0.5) is 0 Å². The third kappa shape index (κ3) is 2.18. The molecule has 0 bridgehead atoms. The maximum absolute atomic E-state index is 9.46. The van der Waals surface area contributed by atoms with E-state index in [1.165, 1.54) is 11.3 Å². The highest BCUT2D eigenvalue weighted by atomic mass is 32.1. The quantitative estimate of drug-likeness (QED) is 0.831. The van der Waals surface area contributed by atoms with Crippen molar-refractivity contribution in [1.82, 2.24) is 19.8 Å². The van der Waals surface area contributed by atoms with Gasteiger partial charge in [-0.1, -0.05) is 32.1 Å². The van der Waals surface area contributed by atoms with E-state index >= 15 is 0 Å². The lowest BCUT2D eigenvalue weighted by Crippen LogP contribution is -2.23. The minimum Gasteiger partial charge on any atom is -0.391 e. The molecule has 6 nitrogen and oxygen atoms in total. The van der Waals surface area contributed by atoms with E-state index in [0.29, 0.717) is 9.97 Å². The first kappa shape index (κ1) is 12.4. The Kier molecular flexibility index (Phi) is 2.92. The summed E-state index contributed by atoms with van der Waals surface area (Å²) in [5, 5.41) is 22.7. The van der Waals surface area contributed by atoms with Crippen LogP contribution >= 0.6 is 11.3 Å². The average molecular weight is 255 g/mol. The maximum Gasteiger partial charge on any atom is 0.234 e. The smallest absolute Gasteiger partial charge is 0.234 e. The van der Waals surface area contributed by atoms with Crippen molar-refractivity contribution >= 4 is 16.3 Å². The molecule has 0 amide bonds. The van der Waals surface area contributed by atoms with Crippen LogP contribution < -0.4 is 5.73 Å². The van der Waals surface area contributed by atoms with Crippen molar-refractivity contribution in [3.63, 3.8) is 0 Å². The van der Waals surface area contributed by atoms with Crippen LogP contribution in [0.5, 0.6) is 0 Å². The van der Waals surface area contributed by atoms with E-state index in [-0.39, 0.29) is 5.41 Å². The molecule has 0 aliphatic carbocycles. The molecule has 0 aliphatic rings. The number of rotatable bonds is 2. The SMILES string of the molecule is CC(O)C(N)c1nn2c(C(C)(C)C)nnc2s1. The lowest BCUT2D eigenvalue weighted by molar-refractivity contribution is 0.163. The number of fused-ring (bicyclic) bond motifs is 1. The molecule has 7 heteroatoms. The van der Waals surface area contributed by atoms with Gasteiger partial charge in [-0.25, -0.2) is 0 Å². The fourth-order valence-corrected chi connectivity index (χ4v) is 2.38. The Balaban J connectivity index is 2.49. The van der Waals surface area contributed by atoms with E-state index in [2.05, 4.69) is 36.1 Å². The summed E-state index contributed by atoms with van der Waals surface area (Å²) in [4.78, 5) is 0.709. The molecule has 0 fully saturated rings. The molecule has 2 aromatic rings. The number of nitrogens with two attached hydrogens (primary N) is 1. The summed E-state index contributed by atoms with van der Waals surface area (Å²) < 4.78 is 1.71. The molecular formula is C10H17N5OS. The Labute approximate surface area is 103 Å². The van der Waals surface area contributed by atoms with Gasteiger partial charge in [0.2, 0.25) is 4.96 Å². The molecular weight excluding hydrogens is 238 g/mol. The van der Waals surface area contributed by atoms with Gasteiger partial charge < -0.3 is 10.8 Å². The van der Waals surface area contributed by atoms with E-state index in [0.717, 1.165) is 5.82 Å². The summed E-state index contributed by atoms with van der Waals surface area (Å²) >= 11 is 1.36. The zero-order chi connectivity index (χ0) is 12.8. The maximum atomic E-state index is 9.46. The Bertz CT molecular complexity index is 524. The third-order valence-corrected chi connectivity index (χ3v) is 3.48. The van der Waals surface area contributed by atoms with Crippen LogP contribution in [0.15, 0.2) is 0 Å². The predicted molar refractivity (Wildman–Crippen MR) is 66.0 cm³/mol. The minimum absolute atomic E-state index is 0.125. The number of hydrogen-bond donors (Lipinski definition) is 2. The Hall–Kier alpha value is -1.05. The van der Waals surface area contributed by atoms with Crippen molar-refractivity contribution in [2.75, 3.05) is 0 Å². The fourth-order valence-electron chi connectivity index (χ4n) is 1.44. The molecule has 2 atom stereocenters. The fraction of sp³-hybridized carbons (Fsp3) is 0.700. The van der Waals surface area contributed by atoms with Gasteiger partial charge in [0, 0.05) is 5.41 Å². The summed E-state index contributed by atoms with van der Waals surface area (Å²) in [6.07, 6.45) is -0.628. The lowest BCUT2D eigenvalue weighted by atomic mass is 9.96. The Morgan fingerprint density at radius 3 is 2.53 bits per heavy atom. The summed E-state index contributed by atoms with van der Waals surface area (Å²) in [5.41, 5.74) is 5.73. The van der Waals surface area contributed by atoms with Crippen molar-refractivity contribution < 1.29 is 5.11 Å². The summed E-state index contributed by atoms with van der Waals surface area (Å²) in [6.45, 7) is 7.81. The van der Waals surface area contributed by atoms with Gasteiger partial charge in [-0.3, -0.25) is 0 Å². The van der Waals surface area contributed by atoms with Crippen molar-refractivity contribution in [3.05, 3.63) is 10.8 Å². The Morgan fingerprint density at radius 2 is 2.00 bits per heavy atom. The molecule has 2 rings (SSSR count). The average Bonchev–Trinajstić information content (AvgIpc) is 2.71. The molecule has 2 unspecified atom stereocenters. The highest BCUT2D eigenvalue weighted by molar-refractivity contribution is 7.16. The van der Waals surface area contributed by atoms with Gasteiger partial charge in [0.15, 0.2) is 5.82 Å². The van der Waals surface area contributed by atoms with E-state index < -0.39 is 12.1 Å². The van der Waals surface area contributed by atoms with Gasteiger partial charge in [-0.05, 0) is 6.92 Å². The van der Waals surface area contributed by atoms with Crippen molar-refractivity contribution in [2.24, 2.45) is 5.73 Å². The molecule has 0 saturated carbocycles. The van der Waals surface area contributed by atoms with E-state index in [4.69, 9.17) is 5.73 Å². The molecule has 2 aromatic heterocycles. The Morgan fingerprint density at radius 1 is 1.35 bits per heavy atom. The molecule has 17 heavy (non-hydrogen) atoms. The van der Waals surface area contributed by atoms with E-state index in [1.54, 1.807) is 11.4 Å². The first-order chi connectivity index (χ1) is 7.80. The monoisotopic (exact) mass is 255 g/mol. The second kappa shape index (κ2) is 4.01. The van der Waals surface area contributed by atoms with Crippen molar-refractivity contribution in [3.8, 4) is 0 Å². The number of nitrogens with zero attached hydrogens (tertiary/aromatic N) is 4. The second-order valence-electron chi connectivity index (χ2n) is 5.17. The predicted octanol–water partition coefficient (Wildman–Crippen LogP) is 0.864. The normalized spacial score (nSPS) is 16.4. The highest BCUT2D eigenvalue weighted by Crippen LogP contribution is 2.25. The number of hydrogen-bond acceptors (Lipinski definition) is 6. The first-order valence-electron chi connectivity index (χ1n) is 5.47. The van der Waals surface area contributed by atoms with E-state index in [1.807, 2.05) is 0 Å². The molecule has 94 valence electrons. The van der Waals surface area contributed by atoms with Crippen LogP contribution in [0.25, 0.3) is 4.96 Å². The van der Waals surface area contributed by atoms with Gasteiger partial charge in [-0.2, -0.15) is 9.61 Å². The van der Waals surface area contributed by atoms with Crippen LogP contribution in [0.3, 0.4) is 0 Å². The summed E-state index contributed by atoms with van der Waals surface area (Å²) in [7, 11) is 0. The van der Waals surface area contributed by atoms with Crippen LogP contribution in [0.1, 0.15) is 44.6 Å². The highest BCUT2D eigenvalue weighted by Gasteiger charge is 2.25. The molecule has 0 saturated heterocycles. The molecule has 0 radical (unpaired) electrons. The first-order valence-corrected chi connectivity index (χ1v) is 6.28. The van der Waals surface area contributed by atoms with Crippen molar-refractivity contribution in [1.29, 1.82) is 0 Å².